The lowest BCUT2D eigenvalue weighted by Crippen LogP contribution is -2.30. The Kier molecular flexibility index (Phi) is 6.81. The van der Waals surface area contributed by atoms with Crippen molar-refractivity contribution in [2.45, 2.75) is 30.6 Å². The molecular weight excluding hydrogens is 362 g/mol. The molecule has 0 aliphatic carbocycles. The van der Waals surface area contributed by atoms with Gasteiger partial charge in [0.2, 0.25) is 10.0 Å². The number of ether oxygens (including phenoxy) is 1. The van der Waals surface area contributed by atoms with E-state index in [2.05, 4.69) is 10.6 Å². The lowest BCUT2D eigenvalue weighted by Gasteiger charge is -2.18. The molecule has 0 radical (unpaired) electrons. The Labute approximate surface area is 152 Å². The first-order valence-electron chi connectivity index (χ1n) is 8.29. The Balaban J connectivity index is 2.09. The average Bonchev–Trinajstić information content (AvgIpc) is 3.14. The highest BCUT2D eigenvalue weighted by Crippen LogP contribution is 2.31. The molecule has 1 saturated heterocycles. The number of rotatable bonds is 8. The molecule has 26 heavy (non-hydrogen) atoms. The summed E-state index contributed by atoms with van der Waals surface area (Å²) in [5, 5.41) is 13.6. The number of carbonyl (C=O) groups excluding carboxylic acids is 1. The number of aliphatic carboxylic acids is 1. The van der Waals surface area contributed by atoms with E-state index in [1.807, 2.05) is 0 Å². The van der Waals surface area contributed by atoms with Gasteiger partial charge >= 0.3 is 12.0 Å². The van der Waals surface area contributed by atoms with Crippen LogP contribution in [0.5, 0.6) is 5.75 Å². The Morgan fingerprint density at radius 1 is 1.27 bits per heavy atom. The predicted octanol–water partition coefficient (Wildman–Crippen LogP) is 1.47. The number of hydrogen-bond donors (Lipinski definition) is 3. The Morgan fingerprint density at radius 2 is 1.96 bits per heavy atom. The second kappa shape index (κ2) is 8.86. The van der Waals surface area contributed by atoms with Gasteiger partial charge in [0, 0.05) is 31.7 Å². The zero-order valence-electron chi connectivity index (χ0n) is 14.5. The first-order chi connectivity index (χ1) is 12.3. The number of carbonyl (C=O) groups is 2. The third kappa shape index (κ3) is 5.09. The van der Waals surface area contributed by atoms with Gasteiger partial charge in [0.15, 0.2) is 0 Å². The van der Waals surface area contributed by atoms with Gasteiger partial charge in [0.05, 0.1) is 7.11 Å². The van der Waals surface area contributed by atoms with Gasteiger partial charge in [-0.05, 0) is 37.5 Å². The Hall–Kier alpha value is -2.33. The highest BCUT2D eigenvalue weighted by atomic mass is 32.2. The maximum atomic E-state index is 12.8. The number of benzene rings is 1. The number of carboxylic acid groups (broad SMARTS) is 1. The molecule has 2 rings (SSSR count). The lowest BCUT2D eigenvalue weighted by atomic mass is 10.3. The van der Waals surface area contributed by atoms with Crippen molar-refractivity contribution in [2.24, 2.45) is 0 Å². The predicted molar refractivity (Wildman–Crippen MR) is 94.9 cm³/mol. The summed E-state index contributed by atoms with van der Waals surface area (Å²) in [6.45, 7) is 1.13. The maximum absolute atomic E-state index is 12.8. The third-order valence-corrected chi connectivity index (χ3v) is 5.88. The molecule has 1 aromatic carbocycles. The molecule has 0 unspecified atom stereocenters. The Bertz CT molecular complexity index is 759. The smallest absolute Gasteiger partial charge is 0.319 e. The highest BCUT2D eigenvalue weighted by molar-refractivity contribution is 7.89. The first-order valence-corrected chi connectivity index (χ1v) is 9.73. The number of methoxy groups -OCH3 is 1. The van der Waals surface area contributed by atoms with Crippen LogP contribution >= 0.6 is 0 Å². The minimum absolute atomic E-state index is 0.00516. The zero-order chi connectivity index (χ0) is 19.2. The molecule has 3 N–H and O–H groups in total. The van der Waals surface area contributed by atoms with Gasteiger partial charge < -0.3 is 20.5 Å². The van der Waals surface area contributed by atoms with Crippen LogP contribution in [0.3, 0.4) is 0 Å². The van der Waals surface area contributed by atoms with Crippen LogP contribution in [0.2, 0.25) is 0 Å². The van der Waals surface area contributed by atoms with Crippen molar-refractivity contribution in [1.82, 2.24) is 9.62 Å². The number of hydrogen-bond acceptors (Lipinski definition) is 5. The number of nitrogens with zero attached hydrogens (tertiary/aromatic N) is 1. The third-order valence-electron chi connectivity index (χ3n) is 3.96. The van der Waals surface area contributed by atoms with E-state index in [1.54, 1.807) is 6.07 Å². The summed E-state index contributed by atoms with van der Waals surface area (Å²) in [4.78, 5) is 22.3. The number of urea groups is 1. The van der Waals surface area contributed by atoms with Crippen molar-refractivity contribution in [1.29, 1.82) is 0 Å². The number of amides is 2. The fourth-order valence-corrected chi connectivity index (χ4v) is 4.34. The van der Waals surface area contributed by atoms with Crippen molar-refractivity contribution in [2.75, 3.05) is 32.1 Å². The second-order valence-corrected chi connectivity index (χ2v) is 7.76. The van der Waals surface area contributed by atoms with E-state index in [4.69, 9.17) is 9.84 Å². The van der Waals surface area contributed by atoms with Crippen LogP contribution in [0.4, 0.5) is 10.5 Å². The summed E-state index contributed by atoms with van der Waals surface area (Å²) in [6.07, 6.45) is 1.90. The minimum Gasteiger partial charge on any atom is -0.495 e. The normalized spacial score (nSPS) is 14.8. The van der Waals surface area contributed by atoms with Crippen LogP contribution in [0.1, 0.15) is 25.7 Å². The molecule has 10 heteroatoms. The number of anilines is 1. The molecule has 1 aromatic rings. The summed E-state index contributed by atoms with van der Waals surface area (Å²) >= 11 is 0. The summed E-state index contributed by atoms with van der Waals surface area (Å²) in [6, 6.07) is 3.86. The van der Waals surface area contributed by atoms with E-state index in [0.29, 0.717) is 25.2 Å². The van der Waals surface area contributed by atoms with Crippen molar-refractivity contribution in [3.05, 3.63) is 18.2 Å². The van der Waals surface area contributed by atoms with Gasteiger partial charge in [0.1, 0.15) is 10.6 Å². The molecule has 0 saturated carbocycles. The van der Waals surface area contributed by atoms with Crippen LogP contribution in [-0.2, 0) is 14.8 Å². The number of carboxylic acids is 1. The van der Waals surface area contributed by atoms with Gasteiger partial charge in [-0.25, -0.2) is 13.2 Å². The van der Waals surface area contributed by atoms with Gasteiger partial charge in [-0.2, -0.15) is 4.31 Å². The van der Waals surface area contributed by atoms with Gasteiger partial charge in [-0.3, -0.25) is 4.79 Å². The molecule has 1 aliphatic heterocycles. The van der Waals surface area contributed by atoms with E-state index < -0.39 is 22.0 Å². The van der Waals surface area contributed by atoms with Gasteiger partial charge in [-0.1, -0.05) is 0 Å². The summed E-state index contributed by atoms with van der Waals surface area (Å²) in [5.41, 5.74) is 0.305. The molecule has 0 bridgehead atoms. The molecule has 144 valence electrons. The molecule has 0 spiro atoms. The summed E-state index contributed by atoms with van der Waals surface area (Å²) in [5.74, 6) is -0.719. The highest BCUT2D eigenvalue weighted by Gasteiger charge is 2.30. The number of sulfonamides is 1. The monoisotopic (exact) mass is 385 g/mol. The molecule has 1 heterocycles. The molecule has 2 amide bonds. The molecule has 0 atom stereocenters. The van der Waals surface area contributed by atoms with Crippen LogP contribution in [0, 0.1) is 0 Å². The average molecular weight is 385 g/mol. The van der Waals surface area contributed by atoms with E-state index >= 15 is 0 Å². The first kappa shape index (κ1) is 20.0. The van der Waals surface area contributed by atoms with E-state index in [0.717, 1.165) is 12.8 Å². The summed E-state index contributed by atoms with van der Waals surface area (Å²) < 4.78 is 32.1. The minimum atomic E-state index is -3.70. The molecular formula is C16H23N3O6S. The van der Waals surface area contributed by atoms with Crippen molar-refractivity contribution < 1.29 is 27.9 Å². The standard InChI is InChI=1S/C16H23N3O6S/c1-25-13-7-6-12(18-16(22)17-8-4-5-15(20)21)11-14(13)26(23,24)19-9-2-3-10-19/h6-7,11H,2-5,8-10H2,1H3,(H,20,21)(H2,17,18,22). The largest absolute Gasteiger partial charge is 0.495 e. The Morgan fingerprint density at radius 3 is 2.58 bits per heavy atom. The molecule has 0 aromatic heterocycles. The van der Waals surface area contributed by atoms with Crippen LogP contribution < -0.4 is 15.4 Å². The van der Waals surface area contributed by atoms with Gasteiger partial charge in [-0.15, -0.1) is 0 Å². The second-order valence-electron chi connectivity index (χ2n) is 5.86. The zero-order valence-corrected chi connectivity index (χ0v) is 15.3. The molecule has 1 fully saturated rings. The van der Waals surface area contributed by atoms with Gasteiger partial charge in [0.25, 0.3) is 0 Å². The van der Waals surface area contributed by atoms with E-state index in [-0.39, 0.29) is 23.6 Å². The summed E-state index contributed by atoms with van der Waals surface area (Å²) in [7, 11) is -2.31. The quantitative estimate of drug-likeness (QED) is 0.582. The van der Waals surface area contributed by atoms with Crippen molar-refractivity contribution >= 4 is 27.7 Å². The number of nitrogens with one attached hydrogen (secondary N) is 2. The van der Waals surface area contributed by atoms with Crippen LogP contribution in [-0.4, -0.2) is 56.6 Å². The fourth-order valence-electron chi connectivity index (χ4n) is 2.64. The SMILES string of the molecule is COc1ccc(NC(=O)NCCCC(=O)O)cc1S(=O)(=O)N1CCCC1. The maximum Gasteiger partial charge on any atom is 0.319 e. The van der Waals surface area contributed by atoms with Crippen LogP contribution in [0.25, 0.3) is 0 Å². The van der Waals surface area contributed by atoms with E-state index in [9.17, 15) is 18.0 Å². The lowest BCUT2D eigenvalue weighted by molar-refractivity contribution is -0.137. The molecule has 1 aliphatic rings. The topological polar surface area (TPSA) is 125 Å². The van der Waals surface area contributed by atoms with Crippen molar-refractivity contribution in [3.8, 4) is 5.75 Å². The molecule has 9 nitrogen and oxygen atoms in total. The van der Waals surface area contributed by atoms with Crippen molar-refractivity contribution in [3.63, 3.8) is 0 Å². The van der Waals surface area contributed by atoms with E-state index in [1.165, 1.54) is 23.5 Å². The van der Waals surface area contributed by atoms with Crippen LogP contribution in [0.15, 0.2) is 23.1 Å². The fraction of sp³-hybridized carbons (Fsp3) is 0.500.